The second-order valence-corrected chi connectivity index (χ2v) is 8.39. The summed E-state index contributed by atoms with van der Waals surface area (Å²) in [5.41, 5.74) is 3.82. The summed E-state index contributed by atoms with van der Waals surface area (Å²) in [4.78, 5) is 27.6. The highest BCUT2D eigenvalue weighted by Gasteiger charge is 2.28. The quantitative estimate of drug-likeness (QED) is 0.385. The van der Waals surface area contributed by atoms with Crippen molar-refractivity contribution < 1.29 is 18.5 Å². The standard InChI is InChI=1S/C24H17Cl2N3O4/c1-13-20(22(28-33-13)21-17(25)3-2-4-18(21)26)23(30)27-16-5-6-19-14(11-16)7-9-29(19)24(31)15-8-10-32-12-15/h2-6,8,10-12H,7,9H2,1H3,(H,27,30). The van der Waals surface area contributed by atoms with Gasteiger partial charge in [-0.15, -0.1) is 0 Å². The van der Waals surface area contributed by atoms with E-state index in [1.807, 2.05) is 12.1 Å². The highest BCUT2D eigenvalue weighted by atomic mass is 35.5. The second-order valence-electron chi connectivity index (χ2n) is 7.58. The van der Waals surface area contributed by atoms with Gasteiger partial charge in [0, 0.05) is 23.5 Å². The van der Waals surface area contributed by atoms with Crippen LogP contribution in [0.4, 0.5) is 11.4 Å². The lowest BCUT2D eigenvalue weighted by molar-refractivity contribution is 0.0986. The fourth-order valence-corrected chi connectivity index (χ4v) is 4.54. The highest BCUT2D eigenvalue weighted by Crippen LogP contribution is 2.37. The molecule has 9 heteroatoms. The van der Waals surface area contributed by atoms with E-state index < -0.39 is 5.91 Å². The average Bonchev–Trinajstić information content (AvgIpc) is 3.53. The lowest BCUT2D eigenvalue weighted by Gasteiger charge is -2.16. The molecule has 7 nitrogen and oxygen atoms in total. The molecule has 1 aliphatic rings. The van der Waals surface area contributed by atoms with Gasteiger partial charge in [0.15, 0.2) is 0 Å². The number of amides is 2. The second kappa shape index (κ2) is 8.42. The lowest BCUT2D eigenvalue weighted by atomic mass is 10.0. The van der Waals surface area contributed by atoms with Gasteiger partial charge in [-0.25, -0.2) is 0 Å². The topological polar surface area (TPSA) is 88.6 Å². The van der Waals surface area contributed by atoms with Crippen LogP contribution < -0.4 is 10.2 Å². The summed E-state index contributed by atoms with van der Waals surface area (Å²) in [7, 11) is 0. The van der Waals surface area contributed by atoms with Crippen molar-refractivity contribution in [1.29, 1.82) is 0 Å². The summed E-state index contributed by atoms with van der Waals surface area (Å²) in [5, 5.41) is 7.65. The average molecular weight is 482 g/mol. The fraction of sp³-hybridized carbons (Fsp3) is 0.125. The Morgan fingerprint density at radius 1 is 1.12 bits per heavy atom. The minimum atomic E-state index is -0.399. The molecule has 1 N–H and O–H groups in total. The molecule has 2 aromatic carbocycles. The zero-order valence-corrected chi connectivity index (χ0v) is 18.9. The number of hydrogen-bond donors (Lipinski definition) is 1. The van der Waals surface area contributed by atoms with Crippen molar-refractivity contribution in [1.82, 2.24) is 5.16 Å². The normalized spacial score (nSPS) is 12.6. The van der Waals surface area contributed by atoms with Crippen LogP contribution in [0.15, 0.2) is 63.9 Å². The lowest BCUT2D eigenvalue weighted by Crippen LogP contribution is -2.28. The van der Waals surface area contributed by atoms with Crippen LogP contribution >= 0.6 is 23.2 Å². The van der Waals surface area contributed by atoms with Crippen LogP contribution in [0.25, 0.3) is 11.3 Å². The Balaban J connectivity index is 1.41. The number of hydrogen-bond acceptors (Lipinski definition) is 5. The third-order valence-corrected chi connectivity index (χ3v) is 6.17. The summed E-state index contributed by atoms with van der Waals surface area (Å²) in [6, 6.07) is 12.1. The fourth-order valence-electron chi connectivity index (χ4n) is 3.96. The van der Waals surface area contributed by atoms with E-state index in [9.17, 15) is 9.59 Å². The van der Waals surface area contributed by atoms with E-state index in [1.54, 1.807) is 42.2 Å². The van der Waals surface area contributed by atoms with Gasteiger partial charge in [0.05, 0.1) is 21.9 Å². The first-order valence-corrected chi connectivity index (χ1v) is 10.9. The van der Waals surface area contributed by atoms with Crippen molar-refractivity contribution in [2.75, 3.05) is 16.8 Å². The number of fused-ring (bicyclic) bond motifs is 1. The highest BCUT2D eigenvalue weighted by molar-refractivity contribution is 6.39. The van der Waals surface area contributed by atoms with Gasteiger partial charge in [-0.3, -0.25) is 9.59 Å². The molecule has 166 valence electrons. The third kappa shape index (κ3) is 3.79. The molecule has 0 bridgehead atoms. The maximum absolute atomic E-state index is 13.2. The molecule has 0 atom stereocenters. The van der Waals surface area contributed by atoms with E-state index in [0.717, 1.165) is 11.3 Å². The number of carbonyl (C=O) groups excluding carboxylic acids is 2. The van der Waals surface area contributed by atoms with Gasteiger partial charge in [0.25, 0.3) is 11.8 Å². The Bertz CT molecular complexity index is 1360. The molecule has 2 amide bonds. The summed E-state index contributed by atoms with van der Waals surface area (Å²) in [6.07, 6.45) is 3.58. The van der Waals surface area contributed by atoms with Crippen molar-refractivity contribution in [3.63, 3.8) is 0 Å². The summed E-state index contributed by atoms with van der Waals surface area (Å²) < 4.78 is 10.3. The molecule has 0 spiro atoms. The number of aryl methyl sites for hydroxylation is 1. The first-order valence-electron chi connectivity index (χ1n) is 10.1. The maximum Gasteiger partial charge on any atom is 0.261 e. The number of aromatic nitrogens is 1. The van der Waals surface area contributed by atoms with Crippen molar-refractivity contribution in [2.45, 2.75) is 13.3 Å². The number of furan rings is 1. The number of benzene rings is 2. The molecule has 0 saturated carbocycles. The van der Waals surface area contributed by atoms with Crippen LogP contribution in [-0.2, 0) is 6.42 Å². The molecule has 0 radical (unpaired) electrons. The maximum atomic E-state index is 13.2. The molecule has 0 fully saturated rings. The molecule has 4 aromatic rings. The number of carbonyl (C=O) groups is 2. The SMILES string of the molecule is Cc1onc(-c2c(Cl)cccc2Cl)c1C(=O)Nc1ccc2c(c1)CCN2C(=O)c1ccoc1. The molecular weight excluding hydrogens is 465 g/mol. The van der Waals surface area contributed by atoms with Crippen LogP contribution in [0, 0.1) is 6.92 Å². The smallest absolute Gasteiger partial charge is 0.261 e. The molecule has 1 aliphatic heterocycles. The number of nitrogens with zero attached hydrogens (tertiary/aromatic N) is 2. The molecule has 0 unspecified atom stereocenters. The zero-order chi connectivity index (χ0) is 23.1. The van der Waals surface area contributed by atoms with Crippen molar-refractivity contribution in [3.05, 3.63) is 87.5 Å². The van der Waals surface area contributed by atoms with E-state index in [4.69, 9.17) is 32.1 Å². The Morgan fingerprint density at radius 2 is 1.91 bits per heavy atom. The van der Waals surface area contributed by atoms with Crippen LogP contribution in [0.3, 0.4) is 0 Å². The number of anilines is 2. The van der Waals surface area contributed by atoms with E-state index in [0.29, 0.717) is 45.6 Å². The van der Waals surface area contributed by atoms with E-state index in [2.05, 4.69) is 10.5 Å². The van der Waals surface area contributed by atoms with E-state index in [1.165, 1.54) is 12.5 Å². The Kier molecular flexibility index (Phi) is 5.44. The van der Waals surface area contributed by atoms with Crippen molar-refractivity contribution in [3.8, 4) is 11.3 Å². The summed E-state index contributed by atoms with van der Waals surface area (Å²) >= 11 is 12.6. The largest absolute Gasteiger partial charge is 0.472 e. The molecule has 0 saturated heterocycles. The first kappa shape index (κ1) is 21.3. The van der Waals surface area contributed by atoms with Crippen LogP contribution in [0.1, 0.15) is 32.0 Å². The van der Waals surface area contributed by atoms with Gasteiger partial charge >= 0.3 is 0 Å². The van der Waals surface area contributed by atoms with Crippen molar-refractivity contribution in [2.24, 2.45) is 0 Å². The van der Waals surface area contributed by atoms with Gasteiger partial charge in [-0.2, -0.15) is 0 Å². The van der Waals surface area contributed by atoms with Gasteiger partial charge in [0.1, 0.15) is 23.3 Å². The van der Waals surface area contributed by atoms with Gasteiger partial charge in [-0.1, -0.05) is 34.4 Å². The predicted octanol–water partition coefficient (Wildman–Crippen LogP) is 6.01. The molecular formula is C24H17Cl2N3O4. The number of nitrogens with one attached hydrogen (secondary N) is 1. The van der Waals surface area contributed by atoms with Crippen molar-refractivity contribution >= 4 is 46.4 Å². The van der Waals surface area contributed by atoms with Crippen LogP contribution in [0.2, 0.25) is 10.0 Å². The van der Waals surface area contributed by atoms with E-state index in [-0.39, 0.29) is 17.2 Å². The van der Waals surface area contributed by atoms with Gasteiger partial charge < -0.3 is 19.2 Å². The van der Waals surface area contributed by atoms with E-state index >= 15 is 0 Å². The first-order chi connectivity index (χ1) is 15.9. The minimum absolute atomic E-state index is 0.124. The van der Waals surface area contributed by atoms with Gasteiger partial charge in [0.2, 0.25) is 0 Å². The van der Waals surface area contributed by atoms with Crippen LogP contribution in [-0.4, -0.2) is 23.5 Å². The monoisotopic (exact) mass is 481 g/mol. The Labute approximate surface area is 198 Å². The molecule has 2 aromatic heterocycles. The van der Waals surface area contributed by atoms with Crippen LogP contribution in [0.5, 0.6) is 0 Å². The molecule has 0 aliphatic carbocycles. The minimum Gasteiger partial charge on any atom is -0.472 e. The third-order valence-electron chi connectivity index (χ3n) is 5.54. The van der Waals surface area contributed by atoms with Gasteiger partial charge in [-0.05, 0) is 55.3 Å². The molecule has 33 heavy (non-hydrogen) atoms. The molecule has 5 rings (SSSR count). The Morgan fingerprint density at radius 3 is 2.64 bits per heavy atom. The molecule has 3 heterocycles. The summed E-state index contributed by atoms with van der Waals surface area (Å²) in [6.45, 7) is 2.20. The number of rotatable bonds is 4. The Hall–Kier alpha value is -3.55. The number of halogens is 2. The summed E-state index contributed by atoms with van der Waals surface area (Å²) in [5.74, 6) is -0.179. The predicted molar refractivity (Wildman–Crippen MR) is 125 cm³/mol. The zero-order valence-electron chi connectivity index (χ0n) is 17.4.